The maximum atomic E-state index is 13.5. The molecular weight excluding hydrogens is 340 g/mol. The van der Waals surface area contributed by atoms with Crippen molar-refractivity contribution < 1.29 is 9.32 Å². The van der Waals surface area contributed by atoms with Crippen molar-refractivity contribution in [2.24, 2.45) is 5.41 Å². The molecule has 27 heavy (non-hydrogen) atoms. The third-order valence-electron chi connectivity index (χ3n) is 5.64. The lowest BCUT2D eigenvalue weighted by atomic mass is 9.89. The van der Waals surface area contributed by atoms with Gasteiger partial charge in [-0.15, -0.1) is 0 Å². The van der Waals surface area contributed by atoms with Gasteiger partial charge in [0, 0.05) is 24.7 Å². The highest BCUT2D eigenvalue weighted by atomic mass is 16.5. The van der Waals surface area contributed by atoms with Crippen LogP contribution in [0.5, 0.6) is 0 Å². The summed E-state index contributed by atoms with van der Waals surface area (Å²) in [5, 5.41) is 8.47. The molecule has 3 heterocycles. The molecule has 1 saturated carbocycles. The Kier molecular flexibility index (Phi) is 4.70. The van der Waals surface area contributed by atoms with Gasteiger partial charge in [0.05, 0.1) is 16.6 Å². The maximum Gasteiger partial charge on any atom is 0.259 e. The lowest BCUT2D eigenvalue weighted by molar-refractivity contribution is 0.0705. The molecule has 0 atom stereocenters. The molecule has 1 aliphatic carbocycles. The fraction of sp³-hybridized carbons (Fsp3) is 0.667. The summed E-state index contributed by atoms with van der Waals surface area (Å²) in [5.41, 5.74) is 3.10. The van der Waals surface area contributed by atoms with Gasteiger partial charge in [0.25, 0.3) is 11.6 Å². The van der Waals surface area contributed by atoms with Crippen LogP contribution in [0.15, 0.2) is 10.6 Å². The number of aromatic nitrogens is 2. The van der Waals surface area contributed by atoms with Crippen molar-refractivity contribution in [3.63, 3.8) is 0 Å². The predicted octanol–water partition coefficient (Wildman–Crippen LogP) is 3.51. The minimum atomic E-state index is 0.0558. The van der Waals surface area contributed by atoms with E-state index in [1.54, 1.807) is 0 Å². The van der Waals surface area contributed by atoms with Crippen molar-refractivity contribution in [3.8, 4) is 0 Å². The molecule has 6 heteroatoms. The molecule has 146 valence electrons. The number of fused-ring (bicyclic) bond motifs is 1. The predicted molar refractivity (Wildman–Crippen MR) is 105 cm³/mol. The number of amides is 1. The fourth-order valence-electron chi connectivity index (χ4n) is 3.96. The number of pyridine rings is 1. The SMILES string of the molecule is CN(C(=O)c1cc(C2CC2)nc2onc(CC(C)(C)C)c12)C1CCNCC1. The summed E-state index contributed by atoms with van der Waals surface area (Å²) < 4.78 is 5.59. The molecule has 2 fully saturated rings. The molecule has 0 bridgehead atoms. The van der Waals surface area contributed by atoms with E-state index in [1.165, 1.54) is 0 Å². The summed E-state index contributed by atoms with van der Waals surface area (Å²) in [7, 11) is 1.93. The molecule has 2 aromatic heterocycles. The first-order valence-electron chi connectivity index (χ1n) is 10.1. The van der Waals surface area contributed by atoms with Crippen molar-refractivity contribution in [2.75, 3.05) is 20.1 Å². The lowest BCUT2D eigenvalue weighted by Gasteiger charge is -2.32. The lowest BCUT2D eigenvalue weighted by Crippen LogP contribution is -2.44. The molecule has 0 aromatic carbocycles. The van der Waals surface area contributed by atoms with E-state index in [-0.39, 0.29) is 17.4 Å². The van der Waals surface area contributed by atoms with E-state index >= 15 is 0 Å². The first-order chi connectivity index (χ1) is 12.8. The minimum Gasteiger partial charge on any atom is -0.339 e. The third kappa shape index (κ3) is 3.86. The molecule has 6 nitrogen and oxygen atoms in total. The number of carbonyl (C=O) groups excluding carboxylic acids is 1. The molecule has 0 radical (unpaired) electrons. The highest BCUT2D eigenvalue weighted by Crippen LogP contribution is 2.41. The van der Waals surface area contributed by atoms with Crippen LogP contribution in [0.2, 0.25) is 0 Å². The van der Waals surface area contributed by atoms with Gasteiger partial charge < -0.3 is 14.7 Å². The maximum absolute atomic E-state index is 13.5. The van der Waals surface area contributed by atoms with E-state index in [0.29, 0.717) is 17.2 Å². The highest BCUT2D eigenvalue weighted by Gasteiger charge is 2.32. The zero-order chi connectivity index (χ0) is 19.2. The first-order valence-corrected chi connectivity index (χ1v) is 10.1. The zero-order valence-corrected chi connectivity index (χ0v) is 16.8. The average Bonchev–Trinajstić information content (AvgIpc) is 3.42. The van der Waals surface area contributed by atoms with Crippen LogP contribution in [0, 0.1) is 5.41 Å². The van der Waals surface area contributed by atoms with Crippen molar-refractivity contribution in [2.45, 2.75) is 64.8 Å². The van der Waals surface area contributed by atoms with Gasteiger partial charge in [0.15, 0.2) is 0 Å². The van der Waals surface area contributed by atoms with Crippen LogP contribution < -0.4 is 5.32 Å². The van der Waals surface area contributed by atoms with E-state index in [1.807, 2.05) is 18.0 Å². The van der Waals surface area contributed by atoms with Crippen LogP contribution in [0.3, 0.4) is 0 Å². The fourth-order valence-corrected chi connectivity index (χ4v) is 3.96. The van der Waals surface area contributed by atoms with Crippen molar-refractivity contribution in [1.82, 2.24) is 20.4 Å². The van der Waals surface area contributed by atoms with E-state index in [9.17, 15) is 4.79 Å². The Balaban J connectivity index is 1.76. The van der Waals surface area contributed by atoms with Gasteiger partial charge in [-0.05, 0) is 56.7 Å². The molecule has 1 N–H and O–H groups in total. The smallest absolute Gasteiger partial charge is 0.259 e. The van der Waals surface area contributed by atoms with Crippen LogP contribution in [-0.4, -0.2) is 47.1 Å². The summed E-state index contributed by atoms with van der Waals surface area (Å²) in [4.78, 5) is 20.1. The number of carbonyl (C=O) groups is 1. The molecule has 2 aromatic rings. The van der Waals surface area contributed by atoms with Crippen molar-refractivity contribution in [1.29, 1.82) is 0 Å². The van der Waals surface area contributed by atoms with E-state index in [0.717, 1.165) is 62.0 Å². The highest BCUT2D eigenvalue weighted by molar-refractivity contribution is 6.06. The van der Waals surface area contributed by atoms with Gasteiger partial charge in [0.1, 0.15) is 0 Å². The molecule has 2 aliphatic rings. The Labute approximate surface area is 160 Å². The molecule has 0 unspecified atom stereocenters. The normalized spacial score (nSPS) is 18.8. The molecule has 1 aliphatic heterocycles. The molecular formula is C21H30N4O2. The van der Waals surface area contributed by atoms with E-state index in [4.69, 9.17) is 9.51 Å². The minimum absolute atomic E-state index is 0.0558. The quantitative estimate of drug-likeness (QED) is 0.892. The van der Waals surface area contributed by atoms with Crippen LogP contribution in [0.1, 0.15) is 74.1 Å². The Morgan fingerprint density at radius 1 is 1.26 bits per heavy atom. The third-order valence-corrected chi connectivity index (χ3v) is 5.64. The van der Waals surface area contributed by atoms with Crippen LogP contribution in [0.25, 0.3) is 11.1 Å². The summed E-state index contributed by atoms with van der Waals surface area (Å²) in [6, 6.07) is 2.28. The number of hydrogen-bond acceptors (Lipinski definition) is 5. The summed E-state index contributed by atoms with van der Waals surface area (Å²) >= 11 is 0. The number of nitrogens with zero attached hydrogens (tertiary/aromatic N) is 3. The second-order valence-electron chi connectivity index (χ2n) is 9.31. The Hall–Kier alpha value is -1.95. The van der Waals surface area contributed by atoms with Crippen LogP contribution >= 0.6 is 0 Å². The number of hydrogen-bond donors (Lipinski definition) is 1. The number of rotatable bonds is 4. The van der Waals surface area contributed by atoms with Gasteiger partial charge in [-0.1, -0.05) is 25.9 Å². The topological polar surface area (TPSA) is 71.3 Å². The molecule has 1 amide bonds. The Morgan fingerprint density at radius 2 is 1.96 bits per heavy atom. The molecule has 4 rings (SSSR count). The second kappa shape index (κ2) is 6.89. The van der Waals surface area contributed by atoms with E-state index < -0.39 is 0 Å². The van der Waals surface area contributed by atoms with Gasteiger partial charge in [-0.2, -0.15) is 0 Å². The van der Waals surface area contributed by atoms with E-state index in [2.05, 4.69) is 31.2 Å². The average molecular weight is 370 g/mol. The van der Waals surface area contributed by atoms with Gasteiger partial charge in [0.2, 0.25) is 0 Å². The monoisotopic (exact) mass is 370 g/mol. The van der Waals surface area contributed by atoms with Gasteiger partial charge in [-0.25, -0.2) is 4.98 Å². The standard InChI is InChI=1S/C21H30N4O2/c1-21(2,3)12-17-18-15(20(26)25(4)14-7-9-22-10-8-14)11-16(13-5-6-13)23-19(18)27-24-17/h11,13-14,22H,5-10,12H2,1-4H3. The first kappa shape index (κ1) is 18.4. The van der Waals surface area contributed by atoms with Crippen molar-refractivity contribution in [3.05, 3.63) is 23.0 Å². The molecule has 1 saturated heterocycles. The second-order valence-corrected chi connectivity index (χ2v) is 9.31. The molecule has 0 spiro atoms. The summed E-state index contributed by atoms with van der Waals surface area (Å²) in [6.07, 6.45) is 5.01. The van der Waals surface area contributed by atoms with Crippen molar-refractivity contribution >= 4 is 17.0 Å². The van der Waals surface area contributed by atoms with Crippen LogP contribution in [0.4, 0.5) is 0 Å². The largest absolute Gasteiger partial charge is 0.339 e. The number of nitrogens with one attached hydrogen (secondary N) is 1. The van der Waals surface area contributed by atoms with Gasteiger partial charge >= 0.3 is 0 Å². The summed E-state index contributed by atoms with van der Waals surface area (Å²) in [5.74, 6) is 0.524. The zero-order valence-electron chi connectivity index (χ0n) is 16.8. The van der Waals surface area contributed by atoms with Crippen LogP contribution in [-0.2, 0) is 6.42 Å². The Morgan fingerprint density at radius 3 is 2.59 bits per heavy atom. The summed E-state index contributed by atoms with van der Waals surface area (Å²) in [6.45, 7) is 8.43. The van der Waals surface area contributed by atoms with Gasteiger partial charge in [-0.3, -0.25) is 4.79 Å². The number of piperidine rings is 1. The Bertz CT molecular complexity index is 842.